The van der Waals surface area contributed by atoms with Crippen molar-refractivity contribution in [3.8, 4) is 0 Å². The first-order chi connectivity index (χ1) is 12.1. The summed E-state index contributed by atoms with van der Waals surface area (Å²) in [5, 5.41) is 2.71. The molecule has 1 aliphatic rings. The zero-order valence-corrected chi connectivity index (χ0v) is 15.7. The molecule has 0 radical (unpaired) electrons. The number of esters is 1. The molecule has 26 heavy (non-hydrogen) atoms. The van der Waals surface area contributed by atoms with Crippen LogP contribution in [0.1, 0.15) is 37.0 Å². The number of amides is 1. The van der Waals surface area contributed by atoms with Crippen LogP contribution < -0.4 is 5.32 Å². The number of ether oxygens (including phenoxy) is 1. The third kappa shape index (κ3) is 5.12. The van der Waals surface area contributed by atoms with Crippen LogP contribution in [0.5, 0.6) is 0 Å². The molecule has 0 heterocycles. The van der Waals surface area contributed by atoms with E-state index in [4.69, 9.17) is 4.74 Å². The van der Waals surface area contributed by atoms with E-state index in [9.17, 15) is 22.8 Å². The predicted molar refractivity (Wildman–Crippen MR) is 93.0 cm³/mol. The monoisotopic (exact) mass is 382 g/mol. The van der Waals surface area contributed by atoms with Gasteiger partial charge in [-0.05, 0) is 38.8 Å². The van der Waals surface area contributed by atoms with Crippen LogP contribution in [0.2, 0.25) is 0 Å². The van der Waals surface area contributed by atoms with E-state index in [1.54, 1.807) is 0 Å². The summed E-state index contributed by atoms with van der Waals surface area (Å²) in [7, 11) is -2.68. The molecule has 9 heteroatoms. The number of carbonyl (C=O) groups is 3. The Kier molecular flexibility index (Phi) is 6.14. The Morgan fingerprint density at radius 1 is 1.23 bits per heavy atom. The Balaban J connectivity index is 1.95. The summed E-state index contributed by atoms with van der Waals surface area (Å²) < 4.78 is 30.8. The highest BCUT2D eigenvalue weighted by molar-refractivity contribution is 7.89. The van der Waals surface area contributed by atoms with Crippen LogP contribution in [0.25, 0.3) is 0 Å². The minimum atomic E-state index is -3.92. The third-order valence-electron chi connectivity index (χ3n) is 3.92. The number of Topliss-reactive ketones (excluding diaryl/α,β-unsaturated/α-hetero) is 1. The van der Waals surface area contributed by atoms with Crippen LogP contribution in [-0.2, 0) is 24.3 Å². The average Bonchev–Trinajstić information content (AvgIpc) is 3.38. The van der Waals surface area contributed by atoms with Crippen LogP contribution in [0.3, 0.4) is 0 Å². The van der Waals surface area contributed by atoms with Crippen molar-refractivity contribution in [3.63, 3.8) is 0 Å². The van der Waals surface area contributed by atoms with Gasteiger partial charge in [-0.1, -0.05) is 12.1 Å². The Morgan fingerprint density at radius 3 is 2.31 bits per heavy atom. The fourth-order valence-corrected chi connectivity index (χ4v) is 3.26. The Bertz CT molecular complexity index is 799. The summed E-state index contributed by atoms with van der Waals surface area (Å²) in [5.74, 6) is -1.40. The van der Waals surface area contributed by atoms with Crippen molar-refractivity contribution in [3.05, 3.63) is 29.8 Å². The van der Waals surface area contributed by atoms with Gasteiger partial charge in [0.05, 0.1) is 4.90 Å². The van der Waals surface area contributed by atoms with Gasteiger partial charge in [-0.3, -0.25) is 14.4 Å². The lowest BCUT2D eigenvalue weighted by molar-refractivity contribution is -0.154. The third-order valence-corrected chi connectivity index (χ3v) is 5.74. The van der Waals surface area contributed by atoms with E-state index in [1.165, 1.54) is 45.2 Å². The number of hydrogen-bond donors (Lipinski definition) is 1. The van der Waals surface area contributed by atoms with Gasteiger partial charge in [0.25, 0.3) is 5.91 Å². The normalized spacial score (nSPS) is 15.4. The summed E-state index contributed by atoms with van der Waals surface area (Å²) in [5.41, 5.74) is 0.390. The Hall–Kier alpha value is -2.26. The molecule has 8 nitrogen and oxygen atoms in total. The first kappa shape index (κ1) is 20.1. The van der Waals surface area contributed by atoms with E-state index in [-0.39, 0.29) is 16.7 Å². The molecule has 0 bridgehead atoms. The van der Waals surface area contributed by atoms with E-state index >= 15 is 0 Å². The van der Waals surface area contributed by atoms with Gasteiger partial charge in [0.1, 0.15) is 6.54 Å². The number of sulfonamides is 1. The number of nitrogens with zero attached hydrogens (tertiary/aromatic N) is 1. The van der Waals surface area contributed by atoms with Crippen molar-refractivity contribution in [2.45, 2.75) is 43.7 Å². The quantitative estimate of drug-likeness (QED) is 0.524. The standard InChI is InChI=1S/C17H22N2O6S/c1-11(20)13-4-8-15(9-5-13)26(23,24)19(3)10-16(21)25-12(2)17(22)18-14-6-7-14/h4-5,8-9,12,14H,6-7,10H2,1-3H3,(H,18,22). The lowest BCUT2D eigenvalue weighted by Crippen LogP contribution is -2.40. The molecule has 1 saturated carbocycles. The molecule has 1 unspecified atom stereocenters. The Morgan fingerprint density at radius 2 is 1.81 bits per heavy atom. The predicted octanol–water partition coefficient (Wildman–Crippen LogP) is 0.720. The molecule has 1 atom stereocenters. The molecule has 2 rings (SSSR count). The highest BCUT2D eigenvalue weighted by Crippen LogP contribution is 2.19. The highest BCUT2D eigenvalue weighted by atomic mass is 32.2. The van der Waals surface area contributed by atoms with Crippen LogP contribution in [0, 0.1) is 0 Å². The van der Waals surface area contributed by atoms with Crippen LogP contribution >= 0.6 is 0 Å². The van der Waals surface area contributed by atoms with Crippen molar-refractivity contribution < 1.29 is 27.5 Å². The minimum Gasteiger partial charge on any atom is -0.452 e. The first-order valence-electron chi connectivity index (χ1n) is 8.18. The van der Waals surface area contributed by atoms with Crippen molar-refractivity contribution in [2.75, 3.05) is 13.6 Å². The van der Waals surface area contributed by atoms with Crippen molar-refractivity contribution in [1.29, 1.82) is 0 Å². The largest absolute Gasteiger partial charge is 0.452 e. The fourth-order valence-electron chi connectivity index (χ4n) is 2.14. The maximum atomic E-state index is 12.5. The highest BCUT2D eigenvalue weighted by Gasteiger charge is 2.29. The second kappa shape index (κ2) is 7.96. The van der Waals surface area contributed by atoms with Gasteiger partial charge < -0.3 is 10.1 Å². The molecule has 1 aromatic rings. The lowest BCUT2D eigenvalue weighted by Gasteiger charge is -2.18. The summed E-state index contributed by atoms with van der Waals surface area (Å²) in [4.78, 5) is 34.9. The van der Waals surface area contributed by atoms with Crippen molar-refractivity contribution >= 4 is 27.7 Å². The van der Waals surface area contributed by atoms with E-state index < -0.39 is 34.5 Å². The van der Waals surface area contributed by atoms with E-state index in [1.807, 2.05) is 0 Å². The number of rotatable bonds is 8. The molecule has 142 valence electrons. The molecule has 1 N–H and O–H groups in total. The molecule has 1 aromatic carbocycles. The minimum absolute atomic E-state index is 0.0441. The van der Waals surface area contributed by atoms with Gasteiger partial charge in [-0.2, -0.15) is 4.31 Å². The maximum Gasteiger partial charge on any atom is 0.322 e. The molecule has 1 aliphatic carbocycles. The topological polar surface area (TPSA) is 110 Å². The Labute approximate surface area is 152 Å². The number of carbonyl (C=O) groups excluding carboxylic acids is 3. The first-order valence-corrected chi connectivity index (χ1v) is 9.62. The maximum absolute atomic E-state index is 12.5. The van der Waals surface area contributed by atoms with Crippen LogP contribution in [0.4, 0.5) is 0 Å². The zero-order chi connectivity index (χ0) is 19.5. The van der Waals surface area contributed by atoms with Gasteiger partial charge in [-0.25, -0.2) is 8.42 Å². The average molecular weight is 382 g/mol. The number of benzene rings is 1. The fraction of sp³-hybridized carbons (Fsp3) is 0.471. The van der Waals surface area contributed by atoms with Gasteiger partial charge in [0.2, 0.25) is 10.0 Å². The summed E-state index contributed by atoms with van der Waals surface area (Å²) in [6, 6.07) is 5.57. The number of hydrogen-bond acceptors (Lipinski definition) is 6. The smallest absolute Gasteiger partial charge is 0.322 e. The summed E-state index contributed by atoms with van der Waals surface area (Å²) in [6.45, 7) is 2.29. The molecule has 1 amide bonds. The number of ketones is 1. The molecule has 0 aliphatic heterocycles. The molecule has 0 spiro atoms. The number of likely N-dealkylation sites (N-methyl/N-ethyl adjacent to an activating group) is 1. The van der Waals surface area contributed by atoms with Gasteiger partial charge >= 0.3 is 5.97 Å². The SMILES string of the molecule is CC(=O)c1ccc(S(=O)(=O)N(C)CC(=O)OC(C)C(=O)NC2CC2)cc1. The van der Waals surface area contributed by atoms with Crippen LogP contribution in [0.15, 0.2) is 29.2 Å². The van der Waals surface area contributed by atoms with E-state index in [0.717, 1.165) is 17.1 Å². The van der Waals surface area contributed by atoms with E-state index in [0.29, 0.717) is 5.56 Å². The van der Waals surface area contributed by atoms with Gasteiger partial charge in [0.15, 0.2) is 11.9 Å². The molecule has 0 aromatic heterocycles. The molecular weight excluding hydrogens is 360 g/mol. The van der Waals surface area contributed by atoms with Crippen molar-refractivity contribution in [1.82, 2.24) is 9.62 Å². The zero-order valence-electron chi connectivity index (χ0n) is 14.9. The molecular formula is C17H22N2O6S. The summed E-state index contributed by atoms with van der Waals surface area (Å²) in [6.07, 6.45) is 0.833. The molecule has 0 saturated heterocycles. The van der Waals surface area contributed by atoms with Gasteiger partial charge in [-0.15, -0.1) is 0 Å². The van der Waals surface area contributed by atoms with Gasteiger partial charge in [0, 0.05) is 18.7 Å². The molecule has 1 fully saturated rings. The second-order valence-electron chi connectivity index (χ2n) is 6.26. The second-order valence-corrected chi connectivity index (χ2v) is 8.30. The van der Waals surface area contributed by atoms with Crippen LogP contribution in [-0.4, -0.2) is 56.1 Å². The van der Waals surface area contributed by atoms with Crippen molar-refractivity contribution in [2.24, 2.45) is 0 Å². The summed E-state index contributed by atoms with van der Waals surface area (Å²) >= 11 is 0. The lowest BCUT2D eigenvalue weighted by atomic mass is 10.2. The number of nitrogens with one attached hydrogen (secondary N) is 1. The van der Waals surface area contributed by atoms with E-state index in [2.05, 4.69) is 5.32 Å².